The lowest BCUT2D eigenvalue weighted by Crippen LogP contribution is -2.25. The molecule has 142 valence electrons. The third-order valence-corrected chi connectivity index (χ3v) is 3.96. The molecule has 3 N–H and O–H groups in total. The van der Waals surface area contributed by atoms with E-state index in [0.717, 1.165) is 11.8 Å². The average molecular weight is 376 g/mol. The molecule has 3 rings (SSSR count). The average Bonchev–Trinajstić information content (AvgIpc) is 2.89. The molecule has 0 aliphatic carbocycles. The van der Waals surface area contributed by atoms with Gasteiger partial charge in [0.15, 0.2) is 0 Å². The minimum atomic E-state index is -0.684. The van der Waals surface area contributed by atoms with Crippen molar-refractivity contribution in [1.29, 1.82) is 0 Å². The maximum atomic E-state index is 14.3. The Morgan fingerprint density at radius 3 is 2.81 bits per heavy atom. The Balaban J connectivity index is 2.10. The number of hydrogen-bond donors (Lipinski definition) is 3. The Morgan fingerprint density at radius 2 is 2.11 bits per heavy atom. The molecule has 0 saturated carbocycles. The molecule has 2 aromatic heterocycles. The van der Waals surface area contributed by atoms with Gasteiger partial charge in [-0.25, -0.2) is 19.2 Å². The highest BCUT2D eigenvalue weighted by molar-refractivity contribution is 6.11. The standard InChI is InChI=1S/C18H18F2N4O3/c1-10-3-4-14(13(20)7-10)22-17-15(18(26)23-27-6-5-25)12-8-11(19)9-21-16(12)24(17)2/h3-4,7-9,22,25H,5-6H2,1-2H3,(H,23,26). The smallest absolute Gasteiger partial charge is 0.279 e. The Morgan fingerprint density at radius 1 is 1.33 bits per heavy atom. The number of nitrogens with one attached hydrogen (secondary N) is 2. The number of aliphatic hydroxyl groups is 1. The highest BCUT2D eigenvalue weighted by Gasteiger charge is 2.24. The Labute approximate surface area is 153 Å². The molecule has 0 unspecified atom stereocenters. The number of nitrogens with zero attached hydrogens (tertiary/aromatic N) is 2. The molecule has 0 fully saturated rings. The number of hydroxylamine groups is 1. The number of halogens is 2. The van der Waals surface area contributed by atoms with Crippen LogP contribution in [0, 0.1) is 18.6 Å². The molecule has 0 radical (unpaired) electrons. The molecule has 1 aromatic carbocycles. The zero-order valence-electron chi connectivity index (χ0n) is 14.7. The van der Waals surface area contributed by atoms with E-state index in [2.05, 4.69) is 15.8 Å². The number of aromatic nitrogens is 2. The summed E-state index contributed by atoms with van der Waals surface area (Å²) in [6.45, 7) is 1.36. The first-order valence-corrected chi connectivity index (χ1v) is 8.12. The van der Waals surface area contributed by atoms with E-state index >= 15 is 0 Å². The number of fused-ring (bicyclic) bond motifs is 1. The van der Waals surface area contributed by atoms with E-state index in [1.54, 1.807) is 26.1 Å². The first-order valence-electron chi connectivity index (χ1n) is 8.12. The topological polar surface area (TPSA) is 88.4 Å². The van der Waals surface area contributed by atoms with Crippen LogP contribution in [0.5, 0.6) is 0 Å². The number of anilines is 2. The molecular formula is C18H18F2N4O3. The number of aliphatic hydroxyl groups excluding tert-OH is 1. The third kappa shape index (κ3) is 3.74. The molecular weight excluding hydrogens is 358 g/mol. The number of amides is 1. The maximum absolute atomic E-state index is 14.3. The molecule has 0 aliphatic rings. The van der Waals surface area contributed by atoms with Gasteiger partial charge in [-0.2, -0.15) is 0 Å². The molecule has 0 atom stereocenters. The number of pyridine rings is 1. The molecule has 2 heterocycles. The van der Waals surface area contributed by atoms with Crippen molar-refractivity contribution in [2.24, 2.45) is 7.05 Å². The lowest BCUT2D eigenvalue weighted by Gasteiger charge is -2.12. The zero-order valence-corrected chi connectivity index (χ0v) is 14.7. The summed E-state index contributed by atoms with van der Waals surface area (Å²) in [4.78, 5) is 21.5. The Bertz CT molecular complexity index is 1000. The normalized spacial score (nSPS) is 11.0. The summed E-state index contributed by atoms with van der Waals surface area (Å²) in [5.41, 5.74) is 3.44. The van der Waals surface area contributed by atoms with Crippen molar-refractivity contribution < 1.29 is 23.5 Å². The van der Waals surface area contributed by atoms with Gasteiger partial charge >= 0.3 is 0 Å². The van der Waals surface area contributed by atoms with E-state index in [1.165, 1.54) is 16.7 Å². The number of hydrogen-bond acceptors (Lipinski definition) is 5. The van der Waals surface area contributed by atoms with E-state index < -0.39 is 17.5 Å². The van der Waals surface area contributed by atoms with Crippen LogP contribution in [0.4, 0.5) is 20.3 Å². The van der Waals surface area contributed by atoms with Crippen LogP contribution in [0.25, 0.3) is 11.0 Å². The van der Waals surface area contributed by atoms with Gasteiger partial charge in [-0.15, -0.1) is 0 Å². The van der Waals surface area contributed by atoms with E-state index in [1.807, 2.05) is 0 Å². The molecule has 0 aliphatic heterocycles. The van der Waals surface area contributed by atoms with Gasteiger partial charge in [0.1, 0.15) is 23.1 Å². The predicted octanol–water partition coefficient (Wildman–Crippen LogP) is 2.56. The summed E-state index contributed by atoms with van der Waals surface area (Å²) in [6, 6.07) is 5.78. The zero-order chi connectivity index (χ0) is 19.6. The van der Waals surface area contributed by atoms with Crippen LogP contribution in [-0.4, -0.2) is 33.8 Å². The summed E-state index contributed by atoms with van der Waals surface area (Å²) in [7, 11) is 1.62. The second kappa shape index (κ2) is 7.68. The van der Waals surface area contributed by atoms with Gasteiger partial charge in [-0.1, -0.05) is 6.07 Å². The Kier molecular flexibility index (Phi) is 5.33. The first kappa shape index (κ1) is 18.7. The van der Waals surface area contributed by atoms with Crippen molar-refractivity contribution in [2.75, 3.05) is 18.5 Å². The highest BCUT2D eigenvalue weighted by atomic mass is 19.1. The summed E-state index contributed by atoms with van der Waals surface area (Å²) >= 11 is 0. The molecule has 0 saturated heterocycles. The fourth-order valence-corrected chi connectivity index (χ4v) is 2.72. The van der Waals surface area contributed by atoms with Gasteiger partial charge in [0.25, 0.3) is 5.91 Å². The van der Waals surface area contributed by atoms with E-state index in [9.17, 15) is 13.6 Å². The quantitative estimate of drug-likeness (QED) is 0.455. The lowest BCUT2D eigenvalue weighted by atomic mass is 10.2. The van der Waals surface area contributed by atoms with Gasteiger partial charge in [0.2, 0.25) is 0 Å². The van der Waals surface area contributed by atoms with Gasteiger partial charge in [-0.05, 0) is 30.7 Å². The second-order valence-electron chi connectivity index (χ2n) is 5.92. The van der Waals surface area contributed by atoms with Crippen molar-refractivity contribution in [3.63, 3.8) is 0 Å². The van der Waals surface area contributed by atoms with Crippen molar-refractivity contribution in [3.05, 3.63) is 53.2 Å². The number of rotatable bonds is 6. The second-order valence-corrected chi connectivity index (χ2v) is 5.92. The number of carbonyl (C=O) groups is 1. The monoisotopic (exact) mass is 376 g/mol. The van der Waals surface area contributed by atoms with Crippen LogP contribution < -0.4 is 10.8 Å². The van der Waals surface area contributed by atoms with Crippen molar-refractivity contribution >= 4 is 28.4 Å². The highest BCUT2D eigenvalue weighted by Crippen LogP contribution is 2.32. The van der Waals surface area contributed by atoms with E-state index in [0.29, 0.717) is 5.65 Å². The number of carbonyl (C=O) groups excluding carboxylic acids is 1. The largest absolute Gasteiger partial charge is 0.394 e. The maximum Gasteiger partial charge on any atom is 0.279 e. The van der Waals surface area contributed by atoms with Crippen LogP contribution >= 0.6 is 0 Å². The van der Waals surface area contributed by atoms with Gasteiger partial charge in [-0.3, -0.25) is 9.63 Å². The fraction of sp³-hybridized carbons (Fsp3) is 0.222. The summed E-state index contributed by atoms with van der Waals surface area (Å²) in [6.07, 6.45) is 1.03. The van der Waals surface area contributed by atoms with Crippen LogP contribution in [0.2, 0.25) is 0 Å². The first-order chi connectivity index (χ1) is 12.9. The minimum Gasteiger partial charge on any atom is -0.394 e. The minimum absolute atomic E-state index is 0.0393. The van der Waals surface area contributed by atoms with Crippen LogP contribution in [0.15, 0.2) is 30.5 Å². The van der Waals surface area contributed by atoms with Gasteiger partial charge in [0.05, 0.1) is 30.7 Å². The molecule has 0 spiro atoms. The van der Waals surface area contributed by atoms with Crippen LogP contribution in [-0.2, 0) is 11.9 Å². The fourth-order valence-electron chi connectivity index (χ4n) is 2.72. The van der Waals surface area contributed by atoms with Crippen LogP contribution in [0.1, 0.15) is 15.9 Å². The van der Waals surface area contributed by atoms with E-state index in [4.69, 9.17) is 9.94 Å². The van der Waals surface area contributed by atoms with E-state index in [-0.39, 0.29) is 35.7 Å². The molecule has 3 aromatic rings. The third-order valence-electron chi connectivity index (χ3n) is 3.96. The molecule has 9 heteroatoms. The summed E-state index contributed by atoms with van der Waals surface area (Å²) in [5.74, 6) is -1.58. The van der Waals surface area contributed by atoms with Crippen LogP contribution in [0.3, 0.4) is 0 Å². The van der Waals surface area contributed by atoms with Crippen molar-refractivity contribution in [2.45, 2.75) is 6.92 Å². The van der Waals surface area contributed by atoms with Gasteiger partial charge in [0, 0.05) is 12.4 Å². The van der Waals surface area contributed by atoms with Crippen molar-refractivity contribution in [3.8, 4) is 0 Å². The molecule has 0 bridgehead atoms. The predicted molar refractivity (Wildman–Crippen MR) is 95.6 cm³/mol. The van der Waals surface area contributed by atoms with Gasteiger partial charge < -0.3 is 15.0 Å². The molecule has 7 nitrogen and oxygen atoms in total. The summed E-state index contributed by atoms with van der Waals surface area (Å²) < 4.78 is 29.5. The summed E-state index contributed by atoms with van der Waals surface area (Å²) in [5, 5.41) is 11.9. The Hall–Kier alpha value is -3.04. The molecule has 1 amide bonds. The molecule has 27 heavy (non-hydrogen) atoms. The number of aryl methyl sites for hydroxylation is 2. The SMILES string of the molecule is Cc1ccc(Nc2c(C(=O)NOCCO)c3cc(F)cnc3n2C)c(F)c1. The lowest BCUT2D eigenvalue weighted by molar-refractivity contribution is 0.0170. The van der Waals surface area contributed by atoms with Crippen molar-refractivity contribution in [1.82, 2.24) is 15.0 Å². The number of benzene rings is 1.